The number of esters is 1. The van der Waals surface area contributed by atoms with Crippen molar-refractivity contribution in [2.45, 2.75) is 53.1 Å². The lowest BCUT2D eigenvalue weighted by molar-refractivity contribution is -0.139. The second kappa shape index (κ2) is 9.97. The van der Waals surface area contributed by atoms with Crippen LogP contribution in [0.4, 0.5) is 0 Å². The maximum absolute atomic E-state index is 13.5. The van der Waals surface area contributed by atoms with Crippen LogP contribution in [0.5, 0.6) is 0 Å². The molecular weight excluding hydrogens is 470 g/mol. The number of carbonyl (C=O) groups excluding carboxylic acids is 2. The molecule has 6 nitrogen and oxygen atoms in total. The third-order valence-corrected chi connectivity index (χ3v) is 7.92. The number of aryl methyl sites for hydroxylation is 2. The van der Waals surface area contributed by atoms with Crippen molar-refractivity contribution in [3.8, 4) is 0 Å². The zero-order valence-electron chi connectivity index (χ0n) is 21.2. The van der Waals surface area contributed by atoms with Gasteiger partial charge in [0.1, 0.15) is 0 Å². The van der Waals surface area contributed by atoms with E-state index in [1.54, 1.807) is 0 Å². The van der Waals surface area contributed by atoms with Crippen molar-refractivity contribution >= 4 is 28.8 Å². The van der Waals surface area contributed by atoms with E-state index >= 15 is 0 Å². The number of aliphatic imine (C=N–C) groups is 1. The summed E-state index contributed by atoms with van der Waals surface area (Å²) in [6, 6.07) is 14.2. The molecule has 3 aliphatic rings. The predicted molar refractivity (Wildman–Crippen MR) is 143 cm³/mol. The molecule has 0 bridgehead atoms. The van der Waals surface area contributed by atoms with E-state index in [2.05, 4.69) is 55.1 Å². The molecule has 0 aromatic heterocycles. The molecule has 3 heterocycles. The smallest absolute Gasteiger partial charge is 0.338 e. The first-order chi connectivity index (χ1) is 17.4. The van der Waals surface area contributed by atoms with Gasteiger partial charge in [0.15, 0.2) is 5.17 Å². The van der Waals surface area contributed by atoms with Crippen LogP contribution in [0, 0.1) is 13.8 Å². The largest absolute Gasteiger partial charge is 0.463 e. The third kappa shape index (κ3) is 4.48. The molecule has 5 rings (SSSR count). The number of hydrogen-bond donors (Lipinski definition) is 0. The Labute approximate surface area is 216 Å². The number of amidine groups is 1. The van der Waals surface area contributed by atoms with Gasteiger partial charge in [0.2, 0.25) is 5.91 Å². The molecule has 1 amide bonds. The zero-order chi connectivity index (χ0) is 25.4. The van der Waals surface area contributed by atoms with E-state index in [9.17, 15) is 9.59 Å². The van der Waals surface area contributed by atoms with Crippen molar-refractivity contribution in [3.63, 3.8) is 0 Å². The summed E-state index contributed by atoms with van der Waals surface area (Å²) in [7, 11) is 0. The molecule has 0 radical (unpaired) electrons. The first-order valence-corrected chi connectivity index (χ1v) is 13.3. The molecular formula is C29H31N3O3S. The van der Waals surface area contributed by atoms with E-state index in [0.717, 1.165) is 34.0 Å². The summed E-state index contributed by atoms with van der Waals surface area (Å²) >= 11 is 1.51. The number of carbonyl (C=O) groups is 2. The minimum Gasteiger partial charge on any atom is -0.463 e. The van der Waals surface area contributed by atoms with Crippen LogP contribution in [-0.2, 0) is 27.3 Å². The van der Waals surface area contributed by atoms with Gasteiger partial charge in [-0.1, -0.05) is 59.8 Å². The summed E-state index contributed by atoms with van der Waals surface area (Å²) in [5, 5.41) is 2.80. The first-order valence-electron chi connectivity index (χ1n) is 12.4. The lowest BCUT2D eigenvalue weighted by Crippen LogP contribution is -2.40. The van der Waals surface area contributed by atoms with Gasteiger partial charge in [-0.2, -0.15) is 0 Å². The predicted octanol–water partition coefficient (Wildman–Crippen LogP) is 5.42. The minimum absolute atomic E-state index is 0.0842. The molecule has 36 heavy (non-hydrogen) atoms. The van der Waals surface area contributed by atoms with E-state index in [1.807, 2.05) is 30.2 Å². The lowest BCUT2D eigenvalue weighted by atomic mass is 9.90. The third-order valence-electron chi connectivity index (χ3n) is 7.03. The Bertz CT molecular complexity index is 1330. The first kappa shape index (κ1) is 24.4. The van der Waals surface area contributed by atoms with Crippen LogP contribution in [0.2, 0.25) is 0 Å². The monoisotopic (exact) mass is 501 g/mol. The molecule has 7 heteroatoms. The maximum atomic E-state index is 13.5. The standard InChI is InChI=1S/C29H31N3O3S/c1-5-35-28(34)26-20(4)30-29-32(27(26)24-11-10-18(2)14-19(24)3)23(17-36-29)15-25(33)31-13-12-21-8-6-7-9-22(21)16-31/h6-11,14,17,27H,5,12-13,15-16H2,1-4H3. The van der Waals surface area contributed by atoms with Crippen LogP contribution < -0.4 is 0 Å². The summed E-state index contributed by atoms with van der Waals surface area (Å²) in [6.45, 7) is 9.43. The molecule has 0 fully saturated rings. The Morgan fingerprint density at radius 3 is 2.64 bits per heavy atom. The van der Waals surface area contributed by atoms with Gasteiger partial charge in [0.05, 0.1) is 30.3 Å². The molecule has 0 N–H and O–H groups in total. The van der Waals surface area contributed by atoms with Gasteiger partial charge in [-0.05, 0) is 61.8 Å². The number of hydrogen-bond acceptors (Lipinski definition) is 6. The van der Waals surface area contributed by atoms with Crippen LogP contribution in [0.3, 0.4) is 0 Å². The average Bonchev–Trinajstić information content (AvgIpc) is 3.25. The van der Waals surface area contributed by atoms with Crippen LogP contribution in [0.15, 0.2) is 69.8 Å². The molecule has 1 atom stereocenters. The highest BCUT2D eigenvalue weighted by molar-refractivity contribution is 8.16. The fourth-order valence-electron chi connectivity index (χ4n) is 5.24. The van der Waals surface area contributed by atoms with Crippen molar-refractivity contribution in [1.82, 2.24) is 9.80 Å². The normalized spacial score (nSPS) is 18.9. The topological polar surface area (TPSA) is 62.2 Å². The average molecular weight is 502 g/mol. The Balaban J connectivity index is 1.47. The number of ether oxygens (including phenoxy) is 1. The highest BCUT2D eigenvalue weighted by Crippen LogP contribution is 2.45. The number of fused-ring (bicyclic) bond motifs is 2. The van der Waals surface area contributed by atoms with Crippen molar-refractivity contribution in [2.24, 2.45) is 4.99 Å². The van der Waals surface area contributed by atoms with E-state index in [-0.39, 0.29) is 24.9 Å². The van der Waals surface area contributed by atoms with Crippen molar-refractivity contribution in [3.05, 3.63) is 92.7 Å². The number of allylic oxidation sites excluding steroid dienone is 1. The molecule has 1 unspecified atom stereocenters. The highest BCUT2D eigenvalue weighted by atomic mass is 32.2. The molecule has 2 aromatic rings. The van der Waals surface area contributed by atoms with Gasteiger partial charge >= 0.3 is 5.97 Å². The highest BCUT2D eigenvalue weighted by Gasteiger charge is 2.42. The van der Waals surface area contributed by atoms with E-state index in [1.165, 1.54) is 22.9 Å². The fourth-order valence-corrected chi connectivity index (χ4v) is 6.21. The van der Waals surface area contributed by atoms with E-state index in [4.69, 9.17) is 9.73 Å². The molecule has 2 aromatic carbocycles. The molecule has 3 aliphatic heterocycles. The maximum Gasteiger partial charge on any atom is 0.338 e. The molecule has 0 saturated carbocycles. The second-order valence-electron chi connectivity index (χ2n) is 9.48. The van der Waals surface area contributed by atoms with Gasteiger partial charge < -0.3 is 14.5 Å². The summed E-state index contributed by atoms with van der Waals surface area (Å²) in [5.74, 6) is -0.279. The number of nitrogens with zero attached hydrogens (tertiary/aromatic N) is 3. The van der Waals surface area contributed by atoms with Gasteiger partial charge in [-0.25, -0.2) is 9.79 Å². The number of rotatable bonds is 5. The van der Waals surface area contributed by atoms with Gasteiger partial charge in [0.25, 0.3) is 0 Å². The lowest BCUT2D eigenvalue weighted by Gasteiger charge is -2.37. The molecule has 0 spiro atoms. The fraction of sp³-hybridized carbons (Fsp3) is 0.345. The van der Waals surface area contributed by atoms with Crippen molar-refractivity contribution in [2.75, 3.05) is 13.2 Å². The summed E-state index contributed by atoms with van der Waals surface area (Å²) in [5.41, 5.74) is 7.84. The zero-order valence-corrected chi connectivity index (χ0v) is 22.0. The van der Waals surface area contributed by atoms with Gasteiger partial charge in [-0.3, -0.25) is 4.79 Å². The number of benzene rings is 2. The molecule has 0 aliphatic carbocycles. The Morgan fingerprint density at radius 1 is 1.11 bits per heavy atom. The summed E-state index contributed by atoms with van der Waals surface area (Å²) < 4.78 is 5.47. The van der Waals surface area contributed by atoms with Crippen molar-refractivity contribution < 1.29 is 14.3 Å². The summed E-state index contributed by atoms with van der Waals surface area (Å²) in [6.07, 6.45) is 1.12. The van der Waals surface area contributed by atoms with Gasteiger partial charge in [0, 0.05) is 18.8 Å². The Morgan fingerprint density at radius 2 is 1.89 bits per heavy atom. The van der Waals surface area contributed by atoms with Crippen LogP contribution in [0.25, 0.3) is 0 Å². The summed E-state index contributed by atoms with van der Waals surface area (Å²) in [4.78, 5) is 35.4. The molecule has 0 saturated heterocycles. The second-order valence-corrected chi connectivity index (χ2v) is 10.3. The number of thioether (sulfide) groups is 1. The number of amides is 1. The Hall–Kier alpha value is -3.32. The SMILES string of the molecule is CCOC(=O)C1=C(C)N=C2SC=C(CC(=O)N3CCc4ccccc4C3)N2C1c1ccc(C)cc1C. The quantitative estimate of drug-likeness (QED) is 0.512. The van der Waals surface area contributed by atoms with Crippen LogP contribution in [0.1, 0.15) is 54.1 Å². The van der Waals surface area contributed by atoms with E-state index in [0.29, 0.717) is 24.4 Å². The van der Waals surface area contributed by atoms with Gasteiger partial charge in [-0.15, -0.1) is 0 Å². The van der Waals surface area contributed by atoms with Crippen molar-refractivity contribution in [1.29, 1.82) is 0 Å². The minimum atomic E-state index is -0.395. The van der Waals surface area contributed by atoms with E-state index < -0.39 is 6.04 Å². The van der Waals surface area contributed by atoms with Crippen LogP contribution in [-0.4, -0.2) is 40.0 Å². The van der Waals surface area contributed by atoms with Crippen LogP contribution >= 0.6 is 11.8 Å². The Kier molecular flexibility index (Phi) is 6.75. The molecule has 186 valence electrons.